The van der Waals surface area contributed by atoms with Gasteiger partial charge >= 0.3 is 0 Å². The van der Waals surface area contributed by atoms with Crippen LogP contribution >= 0.6 is 11.6 Å². The van der Waals surface area contributed by atoms with Crippen LogP contribution in [-0.4, -0.2) is 26.0 Å². The third kappa shape index (κ3) is 3.17. The number of carbonyl (C=O) groups excluding carboxylic acids is 1. The fourth-order valence-electron chi connectivity index (χ4n) is 1.52. The lowest BCUT2D eigenvalue weighted by molar-refractivity contribution is -0.125. The number of carbonyl (C=O) groups is 1. The van der Waals surface area contributed by atoms with Crippen LogP contribution in [0.1, 0.15) is 20.8 Å². The van der Waals surface area contributed by atoms with E-state index in [1.807, 2.05) is 26.0 Å². The van der Waals surface area contributed by atoms with Crippen LogP contribution in [0.5, 0.6) is 0 Å². The van der Waals surface area contributed by atoms with Gasteiger partial charge in [-0.2, -0.15) is 4.80 Å². The largest absolute Gasteiger partial charge is 0.299 e. The number of hydrogen-bond donors (Lipinski definition) is 0. The van der Waals surface area contributed by atoms with Gasteiger partial charge in [0.15, 0.2) is 0 Å². The van der Waals surface area contributed by atoms with Crippen LogP contribution in [0.15, 0.2) is 24.3 Å². The van der Waals surface area contributed by atoms with Gasteiger partial charge in [-0.3, -0.25) is 4.79 Å². The molecule has 0 saturated carbocycles. The van der Waals surface area contributed by atoms with Crippen molar-refractivity contribution in [3.63, 3.8) is 0 Å². The molecule has 2 rings (SSSR count). The topological polar surface area (TPSA) is 60.7 Å². The Morgan fingerprint density at radius 3 is 2.79 bits per heavy atom. The highest BCUT2D eigenvalue weighted by atomic mass is 35.5. The van der Waals surface area contributed by atoms with Gasteiger partial charge in [-0.1, -0.05) is 37.6 Å². The zero-order chi connectivity index (χ0) is 14.0. The Labute approximate surface area is 116 Å². The van der Waals surface area contributed by atoms with E-state index in [9.17, 15) is 4.79 Å². The number of aromatic nitrogens is 4. The summed E-state index contributed by atoms with van der Waals surface area (Å²) in [6, 6.07) is 7.26. The van der Waals surface area contributed by atoms with Crippen molar-refractivity contribution in [1.82, 2.24) is 20.2 Å². The van der Waals surface area contributed by atoms with Crippen LogP contribution in [0.2, 0.25) is 5.02 Å². The van der Waals surface area contributed by atoms with Gasteiger partial charge in [0, 0.05) is 16.0 Å². The summed E-state index contributed by atoms with van der Waals surface area (Å²) in [7, 11) is 0. The Hall–Kier alpha value is -1.75. The minimum absolute atomic E-state index is 0.0918. The first-order valence-electron chi connectivity index (χ1n) is 5.93. The minimum Gasteiger partial charge on any atom is -0.299 e. The summed E-state index contributed by atoms with van der Waals surface area (Å²) >= 11 is 5.92. The lowest BCUT2D eigenvalue weighted by atomic mass is 9.89. The quantitative estimate of drug-likeness (QED) is 0.862. The van der Waals surface area contributed by atoms with Crippen LogP contribution in [0, 0.1) is 5.41 Å². The fraction of sp³-hybridized carbons (Fsp3) is 0.385. The smallest absolute Gasteiger partial charge is 0.204 e. The molecule has 0 radical (unpaired) electrons. The van der Waals surface area contributed by atoms with Crippen LogP contribution < -0.4 is 0 Å². The van der Waals surface area contributed by atoms with Gasteiger partial charge in [0.2, 0.25) is 5.82 Å². The number of Topliss-reactive ketones (excluding diaryl/α,β-unsaturated/α-hetero) is 1. The average Bonchev–Trinajstić information content (AvgIpc) is 2.76. The predicted octanol–water partition coefficient (Wildman–Crippen LogP) is 2.61. The summed E-state index contributed by atoms with van der Waals surface area (Å²) < 4.78 is 0. The highest BCUT2D eigenvalue weighted by Gasteiger charge is 2.25. The van der Waals surface area contributed by atoms with Crippen molar-refractivity contribution in [3.05, 3.63) is 29.3 Å². The SMILES string of the molecule is CC(=O)C(C)(C)Cn1nnc(-c2cccc(Cl)c2)n1. The van der Waals surface area contributed by atoms with E-state index in [1.165, 1.54) is 4.80 Å². The summed E-state index contributed by atoms with van der Waals surface area (Å²) in [5.74, 6) is 0.593. The zero-order valence-corrected chi connectivity index (χ0v) is 11.8. The number of ketones is 1. The number of nitrogens with zero attached hydrogens (tertiary/aromatic N) is 4. The molecule has 6 heteroatoms. The van der Waals surface area contributed by atoms with Crippen molar-refractivity contribution in [1.29, 1.82) is 0 Å². The monoisotopic (exact) mass is 278 g/mol. The van der Waals surface area contributed by atoms with Gasteiger partial charge in [0.05, 0.1) is 6.54 Å². The minimum atomic E-state index is -0.508. The molecule has 1 heterocycles. The van der Waals surface area contributed by atoms with Gasteiger partial charge in [-0.15, -0.1) is 10.2 Å². The van der Waals surface area contributed by atoms with Crippen molar-refractivity contribution in [2.24, 2.45) is 5.41 Å². The maximum atomic E-state index is 11.5. The maximum absolute atomic E-state index is 11.5. The summed E-state index contributed by atoms with van der Waals surface area (Å²) in [5.41, 5.74) is 0.297. The van der Waals surface area contributed by atoms with E-state index < -0.39 is 5.41 Å². The standard InChI is InChI=1S/C13H15ClN4O/c1-9(19)13(2,3)8-18-16-12(15-17-18)10-5-4-6-11(14)7-10/h4-7H,8H2,1-3H3. The summed E-state index contributed by atoms with van der Waals surface area (Å²) in [5, 5.41) is 12.8. The highest BCUT2D eigenvalue weighted by Crippen LogP contribution is 2.21. The molecule has 0 atom stereocenters. The van der Waals surface area contributed by atoms with Gasteiger partial charge in [-0.25, -0.2) is 0 Å². The third-order valence-electron chi connectivity index (χ3n) is 3.03. The molecule has 5 nitrogen and oxygen atoms in total. The molecule has 2 aromatic rings. The Kier molecular flexibility index (Phi) is 3.66. The molecule has 0 aliphatic carbocycles. The van der Waals surface area contributed by atoms with Crippen LogP contribution in [0.25, 0.3) is 11.4 Å². The van der Waals surface area contributed by atoms with Crippen LogP contribution in [0.3, 0.4) is 0 Å². The van der Waals surface area contributed by atoms with E-state index in [-0.39, 0.29) is 5.78 Å². The van der Waals surface area contributed by atoms with Crippen molar-refractivity contribution < 1.29 is 4.79 Å². The van der Waals surface area contributed by atoms with E-state index in [0.29, 0.717) is 17.4 Å². The molecule has 0 unspecified atom stereocenters. The van der Waals surface area contributed by atoms with E-state index >= 15 is 0 Å². The van der Waals surface area contributed by atoms with E-state index in [2.05, 4.69) is 15.4 Å². The van der Waals surface area contributed by atoms with Gasteiger partial charge in [0.25, 0.3) is 0 Å². The first-order valence-corrected chi connectivity index (χ1v) is 6.31. The van der Waals surface area contributed by atoms with Gasteiger partial charge < -0.3 is 0 Å². The van der Waals surface area contributed by atoms with Crippen molar-refractivity contribution >= 4 is 17.4 Å². The number of tetrazole rings is 1. The number of halogens is 1. The molecule has 0 fully saturated rings. The summed E-state index contributed by atoms with van der Waals surface area (Å²) in [6.45, 7) is 5.68. The number of benzene rings is 1. The molecule has 0 N–H and O–H groups in total. The second-order valence-corrected chi connectivity index (χ2v) is 5.53. The molecule has 100 valence electrons. The predicted molar refractivity (Wildman–Crippen MR) is 72.7 cm³/mol. The lowest BCUT2D eigenvalue weighted by Crippen LogP contribution is -2.28. The molecular formula is C13H15ClN4O. The zero-order valence-electron chi connectivity index (χ0n) is 11.1. The summed E-state index contributed by atoms with van der Waals surface area (Å²) in [6.07, 6.45) is 0. The maximum Gasteiger partial charge on any atom is 0.204 e. The Balaban J connectivity index is 2.23. The molecule has 0 aliphatic heterocycles. The third-order valence-corrected chi connectivity index (χ3v) is 3.26. The number of rotatable bonds is 4. The molecule has 1 aromatic heterocycles. The van der Waals surface area contributed by atoms with E-state index in [1.54, 1.807) is 19.1 Å². The first kappa shape index (κ1) is 13.7. The average molecular weight is 279 g/mol. The normalized spacial score (nSPS) is 11.6. The number of hydrogen-bond acceptors (Lipinski definition) is 4. The molecule has 19 heavy (non-hydrogen) atoms. The molecule has 0 bridgehead atoms. The second-order valence-electron chi connectivity index (χ2n) is 5.09. The molecule has 1 aromatic carbocycles. The molecule has 0 amide bonds. The van der Waals surface area contributed by atoms with Crippen LogP contribution in [0.4, 0.5) is 0 Å². The lowest BCUT2D eigenvalue weighted by Gasteiger charge is -2.19. The second kappa shape index (κ2) is 5.09. The Morgan fingerprint density at radius 1 is 1.42 bits per heavy atom. The molecular weight excluding hydrogens is 264 g/mol. The molecule has 0 saturated heterocycles. The van der Waals surface area contributed by atoms with Crippen molar-refractivity contribution in [2.75, 3.05) is 0 Å². The Bertz CT molecular complexity index is 606. The Morgan fingerprint density at radius 2 is 2.16 bits per heavy atom. The van der Waals surface area contributed by atoms with Crippen LogP contribution in [-0.2, 0) is 11.3 Å². The summed E-state index contributed by atoms with van der Waals surface area (Å²) in [4.78, 5) is 12.9. The fourth-order valence-corrected chi connectivity index (χ4v) is 1.71. The van der Waals surface area contributed by atoms with Gasteiger partial charge in [-0.05, 0) is 24.3 Å². The van der Waals surface area contributed by atoms with E-state index in [0.717, 1.165) is 5.56 Å². The first-order chi connectivity index (χ1) is 8.88. The molecule has 0 spiro atoms. The highest BCUT2D eigenvalue weighted by molar-refractivity contribution is 6.30. The van der Waals surface area contributed by atoms with Crippen molar-refractivity contribution in [2.45, 2.75) is 27.3 Å². The molecule has 0 aliphatic rings. The van der Waals surface area contributed by atoms with Gasteiger partial charge in [0.1, 0.15) is 5.78 Å². The van der Waals surface area contributed by atoms with Crippen molar-refractivity contribution in [3.8, 4) is 11.4 Å². The van der Waals surface area contributed by atoms with E-state index in [4.69, 9.17) is 11.6 Å².